The second kappa shape index (κ2) is 12.3. The third-order valence-corrected chi connectivity index (χ3v) is 6.37. The van der Waals surface area contributed by atoms with E-state index in [9.17, 15) is 29.1 Å². The molecule has 0 aliphatic carbocycles. The first-order valence-corrected chi connectivity index (χ1v) is 11.9. The van der Waals surface area contributed by atoms with E-state index in [2.05, 4.69) is 16.0 Å². The van der Waals surface area contributed by atoms with Crippen molar-refractivity contribution in [2.24, 2.45) is 0 Å². The highest BCUT2D eigenvalue weighted by molar-refractivity contribution is 5.94. The van der Waals surface area contributed by atoms with Crippen molar-refractivity contribution in [3.8, 4) is 0 Å². The maximum Gasteiger partial charge on any atom is 0.326 e. The van der Waals surface area contributed by atoms with Gasteiger partial charge in [-0.2, -0.15) is 0 Å². The first kappa shape index (κ1) is 26.1. The SMILES string of the molecule is O=C(O)CCC(NC(=O)C(Cc1ccccc1)NC(=O)C1CCCN1)C(=O)N1CCCC1C(=O)O. The van der Waals surface area contributed by atoms with Crippen LogP contribution in [0.1, 0.15) is 44.1 Å². The smallest absolute Gasteiger partial charge is 0.326 e. The quantitative estimate of drug-likeness (QED) is 0.288. The molecular weight excluding hydrogens is 456 g/mol. The Bertz CT molecular complexity index is 933. The van der Waals surface area contributed by atoms with Gasteiger partial charge in [0.25, 0.3) is 0 Å². The average Bonchev–Trinajstić information content (AvgIpc) is 3.54. The van der Waals surface area contributed by atoms with Gasteiger partial charge in [0.1, 0.15) is 18.1 Å². The van der Waals surface area contributed by atoms with Gasteiger partial charge >= 0.3 is 11.9 Å². The monoisotopic (exact) mass is 488 g/mol. The first-order valence-electron chi connectivity index (χ1n) is 11.9. The average molecular weight is 489 g/mol. The second-order valence-corrected chi connectivity index (χ2v) is 8.92. The van der Waals surface area contributed by atoms with E-state index in [4.69, 9.17) is 5.11 Å². The number of aliphatic carboxylic acids is 2. The fourth-order valence-electron chi connectivity index (χ4n) is 4.52. The van der Waals surface area contributed by atoms with Gasteiger partial charge in [-0.1, -0.05) is 30.3 Å². The van der Waals surface area contributed by atoms with Gasteiger partial charge < -0.3 is 31.1 Å². The molecule has 11 nitrogen and oxygen atoms in total. The normalized spacial score (nSPS) is 21.2. The molecule has 0 saturated carbocycles. The molecule has 1 aromatic rings. The number of nitrogens with zero attached hydrogens (tertiary/aromatic N) is 1. The van der Waals surface area contributed by atoms with E-state index >= 15 is 0 Å². The van der Waals surface area contributed by atoms with Crippen LogP contribution < -0.4 is 16.0 Å². The van der Waals surface area contributed by atoms with Crippen molar-refractivity contribution in [3.05, 3.63) is 35.9 Å². The van der Waals surface area contributed by atoms with Crippen molar-refractivity contribution in [3.63, 3.8) is 0 Å². The number of amides is 3. The van der Waals surface area contributed by atoms with Crippen molar-refractivity contribution in [1.82, 2.24) is 20.9 Å². The van der Waals surface area contributed by atoms with Crippen LogP contribution in [0.15, 0.2) is 30.3 Å². The lowest BCUT2D eigenvalue weighted by Gasteiger charge is -2.29. The third-order valence-electron chi connectivity index (χ3n) is 6.37. The summed E-state index contributed by atoms with van der Waals surface area (Å²) in [4.78, 5) is 63.1. The van der Waals surface area contributed by atoms with Crippen LogP contribution in [0.4, 0.5) is 0 Å². The zero-order chi connectivity index (χ0) is 25.4. The summed E-state index contributed by atoms with van der Waals surface area (Å²) in [6, 6.07) is 5.43. The molecule has 0 radical (unpaired) electrons. The van der Waals surface area contributed by atoms with Crippen LogP contribution in [0.2, 0.25) is 0 Å². The van der Waals surface area contributed by atoms with Gasteiger partial charge in [0.05, 0.1) is 6.04 Å². The lowest BCUT2D eigenvalue weighted by molar-refractivity contribution is -0.150. The van der Waals surface area contributed by atoms with Crippen LogP contribution in [-0.2, 0) is 30.4 Å². The predicted molar refractivity (Wildman–Crippen MR) is 124 cm³/mol. The molecule has 0 aromatic heterocycles. The van der Waals surface area contributed by atoms with Gasteiger partial charge in [-0.25, -0.2) is 4.79 Å². The summed E-state index contributed by atoms with van der Waals surface area (Å²) in [6.45, 7) is 0.923. The summed E-state index contributed by atoms with van der Waals surface area (Å²) in [5.41, 5.74) is 0.797. The first-order chi connectivity index (χ1) is 16.8. The summed E-state index contributed by atoms with van der Waals surface area (Å²) in [7, 11) is 0. The van der Waals surface area contributed by atoms with Crippen molar-refractivity contribution < 1.29 is 34.2 Å². The lowest BCUT2D eigenvalue weighted by Crippen LogP contribution is -2.57. The van der Waals surface area contributed by atoms with E-state index in [0.29, 0.717) is 25.8 Å². The van der Waals surface area contributed by atoms with Gasteiger partial charge in [-0.05, 0) is 44.2 Å². The summed E-state index contributed by atoms with van der Waals surface area (Å²) in [6.07, 6.45) is 1.89. The topological polar surface area (TPSA) is 165 Å². The lowest BCUT2D eigenvalue weighted by atomic mass is 10.0. The Labute approximate surface area is 203 Å². The van der Waals surface area contributed by atoms with E-state index in [1.807, 2.05) is 30.3 Å². The minimum absolute atomic E-state index is 0.173. The summed E-state index contributed by atoms with van der Waals surface area (Å²) >= 11 is 0. The summed E-state index contributed by atoms with van der Waals surface area (Å²) < 4.78 is 0. The zero-order valence-corrected chi connectivity index (χ0v) is 19.4. The maximum absolute atomic E-state index is 13.3. The number of carboxylic acids is 2. The largest absolute Gasteiger partial charge is 0.481 e. The number of hydrogen-bond acceptors (Lipinski definition) is 6. The number of carbonyl (C=O) groups excluding carboxylic acids is 3. The predicted octanol–water partition coefficient (Wildman–Crippen LogP) is -0.109. The zero-order valence-electron chi connectivity index (χ0n) is 19.4. The molecule has 0 spiro atoms. The number of rotatable bonds is 11. The summed E-state index contributed by atoms with van der Waals surface area (Å²) in [5, 5.41) is 27.0. The van der Waals surface area contributed by atoms with Gasteiger partial charge in [0, 0.05) is 19.4 Å². The Morgan fingerprint density at radius 2 is 1.74 bits per heavy atom. The fraction of sp³-hybridized carbons (Fsp3) is 0.542. The highest BCUT2D eigenvalue weighted by atomic mass is 16.4. The molecule has 2 aliphatic heterocycles. The molecule has 1 aromatic carbocycles. The minimum Gasteiger partial charge on any atom is -0.481 e. The van der Waals surface area contributed by atoms with E-state index < -0.39 is 47.9 Å². The Morgan fingerprint density at radius 1 is 1.00 bits per heavy atom. The molecule has 2 heterocycles. The second-order valence-electron chi connectivity index (χ2n) is 8.92. The number of likely N-dealkylation sites (tertiary alicyclic amines) is 1. The van der Waals surface area contributed by atoms with E-state index in [1.54, 1.807) is 0 Å². The molecule has 2 fully saturated rings. The maximum atomic E-state index is 13.3. The number of hydrogen-bond donors (Lipinski definition) is 5. The number of carbonyl (C=O) groups is 5. The molecule has 4 unspecified atom stereocenters. The molecule has 35 heavy (non-hydrogen) atoms. The molecule has 4 atom stereocenters. The van der Waals surface area contributed by atoms with Crippen LogP contribution in [0.5, 0.6) is 0 Å². The molecule has 190 valence electrons. The van der Waals surface area contributed by atoms with Gasteiger partial charge in [0.2, 0.25) is 17.7 Å². The van der Waals surface area contributed by atoms with Crippen molar-refractivity contribution >= 4 is 29.7 Å². The van der Waals surface area contributed by atoms with Crippen molar-refractivity contribution in [2.75, 3.05) is 13.1 Å². The van der Waals surface area contributed by atoms with E-state index in [0.717, 1.165) is 12.0 Å². The Balaban J connectivity index is 1.77. The van der Waals surface area contributed by atoms with E-state index in [-0.39, 0.29) is 31.7 Å². The Morgan fingerprint density at radius 3 is 2.37 bits per heavy atom. The van der Waals surface area contributed by atoms with Gasteiger partial charge in [-0.15, -0.1) is 0 Å². The molecular formula is C24H32N4O7. The van der Waals surface area contributed by atoms with Crippen LogP contribution >= 0.6 is 0 Å². The third kappa shape index (κ3) is 7.25. The molecule has 3 amide bonds. The minimum atomic E-state index is -1.22. The van der Waals surface area contributed by atoms with Crippen LogP contribution in [0.3, 0.4) is 0 Å². The standard InChI is InChI=1S/C24H32N4O7/c29-20(30)11-10-17(23(33)28-13-5-9-19(28)24(34)35)26-22(32)18(14-15-6-2-1-3-7-15)27-21(31)16-8-4-12-25-16/h1-3,6-7,16-19,25H,4-5,8-14H2,(H,26,32)(H,27,31)(H,29,30)(H,34,35). The molecule has 11 heteroatoms. The fourth-order valence-corrected chi connectivity index (χ4v) is 4.52. The molecule has 0 bridgehead atoms. The number of nitrogens with one attached hydrogen (secondary N) is 3. The van der Waals surface area contributed by atoms with Crippen LogP contribution in [0, 0.1) is 0 Å². The molecule has 5 N–H and O–H groups in total. The van der Waals surface area contributed by atoms with Gasteiger partial charge in [-0.3, -0.25) is 19.2 Å². The van der Waals surface area contributed by atoms with Crippen LogP contribution in [0.25, 0.3) is 0 Å². The molecule has 2 saturated heterocycles. The van der Waals surface area contributed by atoms with Crippen molar-refractivity contribution in [1.29, 1.82) is 0 Å². The summed E-state index contributed by atoms with van der Waals surface area (Å²) in [5.74, 6) is -3.87. The Kier molecular flexibility index (Phi) is 9.18. The van der Waals surface area contributed by atoms with Crippen molar-refractivity contribution in [2.45, 2.75) is 69.1 Å². The number of carboxylic acid groups (broad SMARTS) is 2. The highest BCUT2D eigenvalue weighted by Gasteiger charge is 2.38. The Hall–Kier alpha value is -3.47. The highest BCUT2D eigenvalue weighted by Crippen LogP contribution is 2.20. The van der Waals surface area contributed by atoms with Crippen LogP contribution in [-0.4, -0.2) is 82.0 Å². The molecule has 2 aliphatic rings. The van der Waals surface area contributed by atoms with Gasteiger partial charge in [0.15, 0.2) is 0 Å². The molecule has 3 rings (SSSR count). The van der Waals surface area contributed by atoms with E-state index in [1.165, 1.54) is 4.90 Å². The number of benzene rings is 1.